The van der Waals surface area contributed by atoms with Crippen LogP contribution in [0, 0.1) is 0 Å². The number of hydrazone groups is 1. The van der Waals surface area contributed by atoms with E-state index >= 15 is 0 Å². The summed E-state index contributed by atoms with van der Waals surface area (Å²) in [7, 11) is 0. The lowest BCUT2D eigenvalue weighted by Crippen LogP contribution is -2.21. The molecule has 3 N–H and O–H groups in total. The number of nitrogens with zero attached hydrogens (tertiary/aromatic N) is 1. The molecule has 6 nitrogen and oxygen atoms in total. The lowest BCUT2D eigenvalue weighted by Gasteiger charge is -2.03. The summed E-state index contributed by atoms with van der Waals surface area (Å²) in [6, 6.07) is 14.3. The molecule has 0 fully saturated rings. The number of carbonyl (C=O) groups excluding carboxylic acids is 2. The summed E-state index contributed by atoms with van der Waals surface area (Å²) in [5.41, 5.74) is 4.27. The van der Waals surface area contributed by atoms with Crippen molar-refractivity contribution in [2.45, 2.75) is 13.5 Å². The SMILES string of the molecule is CC(=NNC(=O)c1ccc(C(=O)NCc2cccs2)s1)c1csc(-c2cccc(Cl)c2)c1O. The Bertz CT molecular complexity index is 1330. The van der Waals surface area contributed by atoms with Crippen LogP contribution < -0.4 is 10.7 Å². The third kappa shape index (κ3) is 5.51. The smallest absolute Gasteiger partial charge is 0.281 e. The maximum atomic E-state index is 12.5. The first-order valence-electron chi connectivity index (χ1n) is 9.74. The molecule has 4 aromatic rings. The van der Waals surface area contributed by atoms with Gasteiger partial charge in [0.05, 0.1) is 32.5 Å². The van der Waals surface area contributed by atoms with E-state index in [-0.39, 0.29) is 11.7 Å². The van der Waals surface area contributed by atoms with Crippen LogP contribution in [0.4, 0.5) is 0 Å². The molecule has 4 rings (SSSR count). The number of hydrogen-bond acceptors (Lipinski definition) is 7. The number of amides is 2. The second kappa shape index (κ2) is 10.3. The van der Waals surface area contributed by atoms with Crippen molar-refractivity contribution in [2.75, 3.05) is 0 Å². The van der Waals surface area contributed by atoms with Crippen LogP contribution in [0.25, 0.3) is 10.4 Å². The van der Waals surface area contributed by atoms with Crippen LogP contribution in [0.2, 0.25) is 5.02 Å². The largest absolute Gasteiger partial charge is 0.506 e. The van der Waals surface area contributed by atoms with Crippen molar-refractivity contribution in [1.82, 2.24) is 10.7 Å². The van der Waals surface area contributed by atoms with Gasteiger partial charge in [-0.3, -0.25) is 9.59 Å². The molecular formula is C23H18ClN3O3S3. The molecule has 0 unspecified atom stereocenters. The average Bonchev–Trinajstić information content (AvgIpc) is 3.56. The zero-order valence-electron chi connectivity index (χ0n) is 17.3. The number of rotatable bonds is 7. The molecule has 10 heteroatoms. The molecule has 0 saturated carbocycles. The molecule has 0 atom stereocenters. The zero-order chi connectivity index (χ0) is 23.4. The first-order valence-corrected chi connectivity index (χ1v) is 12.7. The van der Waals surface area contributed by atoms with Gasteiger partial charge in [0.25, 0.3) is 11.8 Å². The van der Waals surface area contributed by atoms with Gasteiger partial charge in [0.2, 0.25) is 0 Å². The van der Waals surface area contributed by atoms with Gasteiger partial charge in [-0.15, -0.1) is 34.0 Å². The Hall–Kier alpha value is -2.98. The molecule has 1 aromatic carbocycles. The molecule has 3 aromatic heterocycles. The first-order chi connectivity index (χ1) is 15.9. The molecule has 168 valence electrons. The molecular weight excluding hydrogens is 498 g/mol. The van der Waals surface area contributed by atoms with Crippen molar-refractivity contribution in [1.29, 1.82) is 0 Å². The van der Waals surface area contributed by atoms with E-state index in [4.69, 9.17) is 11.6 Å². The van der Waals surface area contributed by atoms with E-state index in [1.165, 1.54) is 11.3 Å². The van der Waals surface area contributed by atoms with Crippen molar-refractivity contribution in [2.24, 2.45) is 5.10 Å². The summed E-state index contributed by atoms with van der Waals surface area (Å²) in [5.74, 6) is -0.580. The molecule has 0 aliphatic heterocycles. The lowest BCUT2D eigenvalue weighted by molar-refractivity contribution is 0.0950. The van der Waals surface area contributed by atoms with E-state index in [2.05, 4.69) is 15.8 Å². The highest BCUT2D eigenvalue weighted by atomic mass is 35.5. The highest BCUT2D eigenvalue weighted by Crippen LogP contribution is 2.39. The standard InChI is InChI=1S/C23H18ClN3O3S3/c1-13(17-12-32-21(20(17)28)14-4-2-5-15(24)10-14)26-27-23(30)19-8-7-18(33-19)22(29)25-11-16-6-3-9-31-16/h2-10,12,28H,11H2,1H3,(H,25,29)(H,27,30). The van der Waals surface area contributed by atoms with Crippen LogP contribution >= 0.6 is 45.6 Å². The average molecular weight is 516 g/mol. The summed E-state index contributed by atoms with van der Waals surface area (Å²) in [5, 5.41) is 21.9. The van der Waals surface area contributed by atoms with Gasteiger partial charge in [-0.1, -0.05) is 29.8 Å². The summed E-state index contributed by atoms with van der Waals surface area (Å²) in [6.07, 6.45) is 0. The van der Waals surface area contributed by atoms with Gasteiger partial charge in [-0.2, -0.15) is 5.10 Å². The molecule has 3 heterocycles. The molecule has 33 heavy (non-hydrogen) atoms. The Labute approximate surface area is 207 Å². The monoisotopic (exact) mass is 515 g/mol. The number of hydrogen-bond donors (Lipinski definition) is 3. The Morgan fingerprint density at radius 3 is 2.58 bits per heavy atom. The van der Waals surface area contributed by atoms with Gasteiger partial charge >= 0.3 is 0 Å². The number of benzene rings is 1. The Morgan fingerprint density at radius 1 is 1.06 bits per heavy atom. The van der Waals surface area contributed by atoms with E-state index in [1.54, 1.807) is 47.9 Å². The quantitative estimate of drug-likeness (QED) is 0.209. The van der Waals surface area contributed by atoms with E-state index in [1.807, 2.05) is 29.6 Å². The van der Waals surface area contributed by atoms with E-state index in [9.17, 15) is 14.7 Å². The van der Waals surface area contributed by atoms with Crippen molar-refractivity contribution in [3.63, 3.8) is 0 Å². The normalized spacial score (nSPS) is 11.4. The third-order valence-corrected chi connectivity index (χ3v) is 7.84. The number of carbonyl (C=O) groups is 2. The lowest BCUT2D eigenvalue weighted by atomic mass is 10.1. The van der Waals surface area contributed by atoms with Gasteiger partial charge in [-0.05, 0) is 48.2 Å². The third-order valence-electron chi connectivity index (χ3n) is 4.62. The molecule has 0 aliphatic rings. The molecule has 0 bridgehead atoms. The maximum absolute atomic E-state index is 12.5. The fourth-order valence-corrected chi connectivity index (χ4v) is 5.59. The van der Waals surface area contributed by atoms with Crippen molar-refractivity contribution in [3.8, 4) is 16.2 Å². The molecule has 0 radical (unpaired) electrons. The second-order valence-corrected chi connectivity index (χ2v) is 10.3. The Balaban J connectivity index is 1.40. The van der Waals surface area contributed by atoms with Gasteiger partial charge in [0.1, 0.15) is 5.75 Å². The summed E-state index contributed by atoms with van der Waals surface area (Å²) in [6.45, 7) is 2.14. The van der Waals surface area contributed by atoms with E-state index in [0.717, 1.165) is 21.8 Å². The van der Waals surface area contributed by atoms with Crippen LogP contribution in [0.1, 0.15) is 36.7 Å². The fraction of sp³-hybridized carbons (Fsp3) is 0.0870. The number of thiophene rings is 3. The van der Waals surface area contributed by atoms with E-state index in [0.29, 0.717) is 37.5 Å². The van der Waals surface area contributed by atoms with E-state index < -0.39 is 5.91 Å². The predicted octanol–water partition coefficient (Wildman–Crippen LogP) is 5.98. The van der Waals surface area contributed by atoms with Gasteiger partial charge in [-0.25, -0.2) is 5.43 Å². The maximum Gasteiger partial charge on any atom is 0.281 e. The van der Waals surface area contributed by atoms with Crippen LogP contribution in [-0.2, 0) is 6.54 Å². The van der Waals surface area contributed by atoms with Gasteiger partial charge < -0.3 is 10.4 Å². The van der Waals surface area contributed by atoms with Gasteiger partial charge in [0, 0.05) is 15.3 Å². The Kier molecular flexibility index (Phi) is 7.24. The van der Waals surface area contributed by atoms with Crippen LogP contribution in [-0.4, -0.2) is 22.6 Å². The first kappa shape index (κ1) is 23.2. The molecule has 0 saturated heterocycles. The second-order valence-electron chi connectivity index (χ2n) is 6.90. The highest BCUT2D eigenvalue weighted by Gasteiger charge is 2.17. The molecule has 0 aliphatic carbocycles. The number of nitrogens with one attached hydrogen (secondary N) is 2. The van der Waals surface area contributed by atoms with Crippen LogP contribution in [0.15, 0.2) is 64.4 Å². The summed E-state index contributed by atoms with van der Waals surface area (Å²) >= 11 is 10.1. The van der Waals surface area contributed by atoms with Crippen LogP contribution in [0.5, 0.6) is 5.75 Å². The van der Waals surface area contributed by atoms with Crippen molar-refractivity contribution >= 4 is 63.1 Å². The molecule has 2 amide bonds. The fourth-order valence-electron chi connectivity index (χ4n) is 2.94. The topological polar surface area (TPSA) is 90.8 Å². The predicted molar refractivity (Wildman–Crippen MR) is 136 cm³/mol. The highest BCUT2D eigenvalue weighted by molar-refractivity contribution is 7.16. The minimum Gasteiger partial charge on any atom is -0.506 e. The van der Waals surface area contributed by atoms with Crippen molar-refractivity contribution in [3.05, 3.63) is 84.5 Å². The van der Waals surface area contributed by atoms with Gasteiger partial charge in [0.15, 0.2) is 0 Å². The molecule has 0 spiro atoms. The van der Waals surface area contributed by atoms with Crippen molar-refractivity contribution < 1.29 is 14.7 Å². The zero-order valence-corrected chi connectivity index (χ0v) is 20.5. The number of halogens is 1. The Morgan fingerprint density at radius 2 is 1.85 bits per heavy atom. The summed E-state index contributed by atoms with van der Waals surface area (Å²) in [4.78, 5) is 27.3. The van der Waals surface area contributed by atoms with Crippen LogP contribution in [0.3, 0.4) is 0 Å². The number of aromatic hydroxyl groups is 1. The summed E-state index contributed by atoms with van der Waals surface area (Å²) < 4.78 is 0. The minimum absolute atomic E-state index is 0.0820. The minimum atomic E-state index is -0.429.